The van der Waals surface area contributed by atoms with Gasteiger partial charge in [0.2, 0.25) is 0 Å². The molecule has 3 nitrogen and oxygen atoms in total. The number of aryl methyl sites for hydroxylation is 2. The molecule has 0 atom stereocenters. The molecule has 1 aromatic heterocycles. The number of hydrogen-bond acceptors (Lipinski definition) is 3. The van der Waals surface area contributed by atoms with Crippen LogP contribution in [0.2, 0.25) is 0 Å². The second-order valence-electron chi connectivity index (χ2n) is 6.18. The van der Waals surface area contributed by atoms with Gasteiger partial charge in [-0.15, -0.1) is 0 Å². The van der Waals surface area contributed by atoms with Crippen LogP contribution in [0.25, 0.3) is 21.8 Å². The third-order valence-corrected chi connectivity index (χ3v) is 4.34. The number of fused-ring (bicyclic) bond motifs is 2. The number of nitrogens with zero attached hydrogens (tertiary/aromatic N) is 1. The molecule has 25 heavy (non-hydrogen) atoms. The molecule has 0 aliphatic rings. The quantitative estimate of drug-likeness (QED) is 0.288. The highest BCUT2D eigenvalue weighted by molar-refractivity contribution is 6.15. The van der Waals surface area contributed by atoms with Gasteiger partial charge in [-0.2, -0.15) is 0 Å². The number of aromatic nitrogens is 1. The molecule has 0 aliphatic carbocycles. The molecule has 0 fully saturated rings. The van der Waals surface area contributed by atoms with Crippen molar-refractivity contribution in [2.45, 2.75) is 13.8 Å². The first-order valence-corrected chi connectivity index (χ1v) is 8.20. The van der Waals surface area contributed by atoms with Crippen LogP contribution in [0.5, 0.6) is 5.75 Å². The SMILES string of the molecule is Cc1ccc2nc3ccccc3c(C(=O)Oc3ccccc3C)c2c1. The number of ether oxygens (including phenoxy) is 1. The maximum Gasteiger partial charge on any atom is 0.344 e. The molecular weight excluding hydrogens is 310 g/mol. The predicted octanol–water partition coefficient (Wildman–Crippen LogP) is 5.22. The standard InChI is InChI=1S/C22H17NO2/c1-14-11-12-19-17(13-14)21(16-8-4-5-9-18(16)23-19)22(24)25-20-10-6-3-7-15(20)2/h3-13H,1-2H3. The molecule has 0 saturated heterocycles. The van der Waals surface area contributed by atoms with Gasteiger partial charge in [-0.05, 0) is 43.7 Å². The van der Waals surface area contributed by atoms with Gasteiger partial charge in [0.05, 0.1) is 16.6 Å². The summed E-state index contributed by atoms with van der Waals surface area (Å²) in [7, 11) is 0. The Morgan fingerprint density at radius 3 is 2.40 bits per heavy atom. The van der Waals surface area contributed by atoms with E-state index in [1.165, 1.54) is 0 Å². The van der Waals surface area contributed by atoms with Crippen molar-refractivity contribution in [1.82, 2.24) is 4.98 Å². The number of hydrogen-bond donors (Lipinski definition) is 0. The number of rotatable bonds is 2. The summed E-state index contributed by atoms with van der Waals surface area (Å²) in [4.78, 5) is 17.7. The van der Waals surface area contributed by atoms with Crippen LogP contribution in [-0.4, -0.2) is 11.0 Å². The Labute approximate surface area is 145 Å². The Bertz CT molecular complexity index is 1120. The first kappa shape index (κ1) is 15.3. The van der Waals surface area contributed by atoms with Crippen molar-refractivity contribution >= 4 is 27.8 Å². The fourth-order valence-electron chi connectivity index (χ4n) is 3.05. The zero-order valence-electron chi connectivity index (χ0n) is 14.1. The van der Waals surface area contributed by atoms with E-state index in [0.29, 0.717) is 11.3 Å². The summed E-state index contributed by atoms with van der Waals surface area (Å²) in [6.45, 7) is 3.93. The number of carbonyl (C=O) groups is 1. The number of benzene rings is 3. The lowest BCUT2D eigenvalue weighted by Crippen LogP contribution is -2.11. The van der Waals surface area contributed by atoms with Crippen molar-refractivity contribution in [3.63, 3.8) is 0 Å². The Morgan fingerprint density at radius 1 is 0.840 bits per heavy atom. The minimum Gasteiger partial charge on any atom is -0.423 e. The molecule has 4 aromatic rings. The highest BCUT2D eigenvalue weighted by Gasteiger charge is 2.18. The molecule has 122 valence electrons. The average molecular weight is 327 g/mol. The summed E-state index contributed by atoms with van der Waals surface area (Å²) in [6.07, 6.45) is 0. The zero-order valence-corrected chi connectivity index (χ0v) is 14.1. The molecule has 0 N–H and O–H groups in total. The molecule has 0 radical (unpaired) electrons. The van der Waals surface area contributed by atoms with E-state index in [-0.39, 0.29) is 5.97 Å². The molecule has 0 unspecified atom stereocenters. The fraction of sp³-hybridized carbons (Fsp3) is 0.0909. The molecular formula is C22H17NO2. The van der Waals surface area contributed by atoms with E-state index in [1.807, 2.05) is 80.6 Å². The van der Waals surface area contributed by atoms with Crippen LogP contribution in [0.4, 0.5) is 0 Å². The molecule has 0 amide bonds. The monoisotopic (exact) mass is 327 g/mol. The minimum atomic E-state index is -0.358. The maximum atomic E-state index is 13.1. The first-order chi connectivity index (χ1) is 12.1. The van der Waals surface area contributed by atoms with E-state index >= 15 is 0 Å². The summed E-state index contributed by atoms with van der Waals surface area (Å²) in [5, 5.41) is 1.62. The van der Waals surface area contributed by atoms with E-state index < -0.39 is 0 Å². The van der Waals surface area contributed by atoms with E-state index in [9.17, 15) is 4.79 Å². The van der Waals surface area contributed by atoms with Crippen LogP contribution in [0.3, 0.4) is 0 Å². The van der Waals surface area contributed by atoms with E-state index in [0.717, 1.165) is 32.9 Å². The van der Waals surface area contributed by atoms with Gasteiger partial charge in [0, 0.05) is 10.8 Å². The van der Waals surface area contributed by atoms with Gasteiger partial charge >= 0.3 is 5.97 Å². The summed E-state index contributed by atoms with van der Waals surface area (Å²) < 4.78 is 5.72. The Morgan fingerprint density at radius 2 is 1.56 bits per heavy atom. The van der Waals surface area contributed by atoms with Crippen LogP contribution in [0.1, 0.15) is 21.5 Å². The molecule has 0 saturated carbocycles. The minimum absolute atomic E-state index is 0.358. The van der Waals surface area contributed by atoms with Crippen molar-refractivity contribution < 1.29 is 9.53 Å². The van der Waals surface area contributed by atoms with Gasteiger partial charge in [0.15, 0.2) is 0 Å². The van der Waals surface area contributed by atoms with Crippen molar-refractivity contribution in [1.29, 1.82) is 0 Å². The van der Waals surface area contributed by atoms with E-state index in [1.54, 1.807) is 0 Å². The topological polar surface area (TPSA) is 39.2 Å². The lowest BCUT2D eigenvalue weighted by atomic mass is 10.0. The summed E-state index contributed by atoms with van der Waals surface area (Å²) >= 11 is 0. The van der Waals surface area contributed by atoms with Gasteiger partial charge in [-0.25, -0.2) is 9.78 Å². The first-order valence-electron chi connectivity index (χ1n) is 8.20. The van der Waals surface area contributed by atoms with Gasteiger partial charge in [-0.3, -0.25) is 0 Å². The maximum absolute atomic E-state index is 13.1. The lowest BCUT2D eigenvalue weighted by molar-refractivity contribution is 0.0737. The number of esters is 1. The van der Waals surface area contributed by atoms with Crippen LogP contribution < -0.4 is 4.74 Å². The highest BCUT2D eigenvalue weighted by Crippen LogP contribution is 2.28. The predicted molar refractivity (Wildman–Crippen MR) is 100 cm³/mol. The van der Waals surface area contributed by atoms with Crippen molar-refractivity contribution in [2.24, 2.45) is 0 Å². The molecule has 0 aliphatic heterocycles. The second kappa shape index (κ2) is 6.02. The molecule has 3 aromatic carbocycles. The van der Waals surface area contributed by atoms with Crippen molar-refractivity contribution in [3.8, 4) is 5.75 Å². The second-order valence-corrected chi connectivity index (χ2v) is 6.18. The molecule has 1 heterocycles. The zero-order chi connectivity index (χ0) is 17.4. The normalized spacial score (nSPS) is 11.0. The Balaban J connectivity index is 1.95. The lowest BCUT2D eigenvalue weighted by Gasteiger charge is -2.12. The Kier molecular flexibility index (Phi) is 3.69. The summed E-state index contributed by atoms with van der Waals surface area (Å²) in [5.41, 5.74) is 4.15. The number of carbonyl (C=O) groups excluding carboxylic acids is 1. The van der Waals surface area contributed by atoms with E-state index in [2.05, 4.69) is 4.98 Å². The average Bonchev–Trinajstić information content (AvgIpc) is 2.61. The van der Waals surface area contributed by atoms with Gasteiger partial charge in [-0.1, -0.05) is 48.0 Å². The van der Waals surface area contributed by atoms with Crippen LogP contribution in [0.15, 0.2) is 66.7 Å². The van der Waals surface area contributed by atoms with Crippen LogP contribution >= 0.6 is 0 Å². The highest BCUT2D eigenvalue weighted by atomic mass is 16.5. The van der Waals surface area contributed by atoms with Crippen LogP contribution in [-0.2, 0) is 0 Å². The van der Waals surface area contributed by atoms with Gasteiger partial charge in [0.25, 0.3) is 0 Å². The summed E-state index contributed by atoms with van der Waals surface area (Å²) in [5.74, 6) is 0.220. The third kappa shape index (κ3) is 2.74. The van der Waals surface area contributed by atoms with Crippen molar-refractivity contribution in [2.75, 3.05) is 0 Å². The van der Waals surface area contributed by atoms with Crippen molar-refractivity contribution in [3.05, 3.63) is 83.4 Å². The van der Waals surface area contributed by atoms with E-state index in [4.69, 9.17) is 4.74 Å². The third-order valence-electron chi connectivity index (χ3n) is 4.34. The number of pyridine rings is 1. The fourth-order valence-corrected chi connectivity index (χ4v) is 3.05. The Hall–Kier alpha value is -3.20. The number of para-hydroxylation sites is 2. The van der Waals surface area contributed by atoms with Crippen LogP contribution in [0, 0.1) is 13.8 Å². The van der Waals surface area contributed by atoms with Gasteiger partial charge in [0.1, 0.15) is 5.75 Å². The van der Waals surface area contributed by atoms with Gasteiger partial charge < -0.3 is 4.74 Å². The molecule has 0 bridgehead atoms. The molecule has 0 spiro atoms. The summed E-state index contributed by atoms with van der Waals surface area (Å²) in [6, 6.07) is 21.1. The smallest absolute Gasteiger partial charge is 0.344 e. The molecule has 4 rings (SSSR count). The largest absolute Gasteiger partial charge is 0.423 e. The molecule has 3 heteroatoms.